The second-order valence-electron chi connectivity index (χ2n) is 5.55. The van der Waals surface area contributed by atoms with Gasteiger partial charge in [0.2, 0.25) is 5.89 Å². The number of halogens is 3. The molecule has 3 heterocycles. The highest BCUT2D eigenvalue weighted by Crippen LogP contribution is 2.30. The van der Waals surface area contributed by atoms with Crippen molar-refractivity contribution in [2.75, 3.05) is 0 Å². The van der Waals surface area contributed by atoms with Crippen LogP contribution >= 0.6 is 0 Å². The van der Waals surface area contributed by atoms with E-state index in [1.807, 2.05) is 31.1 Å². The van der Waals surface area contributed by atoms with Gasteiger partial charge < -0.3 is 9.40 Å². The predicted octanol–water partition coefficient (Wildman–Crippen LogP) is 3.94. The van der Waals surface area contributed by atoms with E-state index in [0.717, 1.165) is 11.5 Å². The molecule has 2 N–H and O–H groups in total. The van der Waals surface area contributed by atoms with Crippen molar-refractivity contribution < 1.29 is 17.6 Å². The number of pyridine rings is 1. The number of alkyl halides is 3. The van der Waals surface area contributed by atoms with E-state index in [4.69, 9.17) is 4.42 Å². The summed E-state index contributed by atoms with van der Waals surface area (Å²) in [6.07, 6.45) is -4.50. The number of aromatic amines is 2. The van der Waals surface area contributed by atoms with E-state index in [-0.39, 0.29) is 29.5 Å². The maximum atomic E-state index is 12.6. The Kier molecular flexibility index (Phi) is 5.30. The van der Waals surface area contributed by atoms with Gasteiger partial charge in [0.1, 0.15) is 11.4 Å². The van der Waals surface area contributed by atoms with Gasteiger partial charge in [-0.05, 0) is 17.5 Å². The lowest BCUT2D eigenvalue weighted by atomic mass is 10.1. The van der Waals surface area contributed by atoms with Crippen LogP contribution in [0.5, 0.6) is 0 Å². The largest absolute Gasteiger partial charge is 0.432 e. The molecule has 146 valence electrons. The third kappa shape index (κ3) is 3.95. The molecule has 0 amide bonds. The Balaban J connectivity index is 0.00000109. The first-order valence-electron chi connectivity index (χ1n) is 8.46. The highest BCUT2D eigenvalue weighted by molar-refractivity contribution is 5.78. The van der Waals surface area contributed by atoms with Gasteiger partial charge in [-0.25, -0.2) is 0 Å². The summed E-state index contributed by atoms with van der Waals surface area (Å²) in [5, 5.41) is 13.7. The van der Waals surface area contributed by atoms with Gasteiger partial charge in [-0.15, -0.1) is 10.2 Å². The van der Waals surface area contributed by atoms with Crippen LogP contribution in [0.4, 0.5) is 13.2 Å². The first-order chi connectivity index (χ1) is 13.4. The Bertz CT molecular complexity index is 1140. The summed E-state index contributed by atoms with van der Waals surface area (Å²) >= 11 is 0. The highest BCUT2D eigenvalue weighted by Gasteiger charge is 2.33. The third-order valence-electron chi connectivity index (χ3n) is 3.74. The Morgan fingerprint density at radius 3 is 2.57 bits per heavy atom. The molecule has 28 heavy (non-hydrogen) atoms. The number of hydrogen-bond donors (Lipinski definition) is 2. The van der Waals surface area contributed by atoms with Gasteiger partial charge in [0.05, 0.1) is 6.42 Å². The molecule has 0 aliphatic rings. The van der Waals surface area contributed by atoms with Crippen LogP contribution in [0.1, 0.15) is 31.0 Å². The Hall–Kier alpha value is -3.43. The SMILES string of the molecule is CC.O=c1[nH]c2ccccc2cc1Cc1nnc(-c2cc(C(F)(F)F)[nH]n2)o1. The van der Waals surface area contributed by atoms with E-state index in [1.54, 1.807) is 18.2 Å². The number of hydrogen-bond acceptors (Lipinski definition) is 5. The first kappa shape index (κ1) is 19.3. The number of para-hydroxylation sites is 1. The maximum Gasteiger partial charge on any atom is 0.432 e. The molecular formula is C18H16F3N5O2. The molecule has 0 aliphatic heterocycles. The topological polar surface area (TPSA) is 100 Å². The van der Waals surface area contributed by atoms with Crippen molar-refractivity contribution in [1.29, 1.82) is 0 Å². The number of aromatic nitrogens is 5. The normalized spacial score (nSPS) is 11.3. The molecular weight excluding hydrogens is 375 g/mol. The molecule has 4 aromatic rings. The van der Waals surface area contributed by atoms with Crippen molar-refractivity contribution in [1.82, 2.24) is 25.4 Å². The molecule has 4 rings (SSSR count). The van der Waals surface area contributed by atoms with E-state index >= 15 is 0 Å². The minimum absolute atomic E-state index is 0.0454. The molecule has 0 saturated carbocycles. The molecule has 1 aromatic carbocycles. The minimum Gasteiger partial charge on any atom is -0.419 e. The first-order valence-corrected chi connectivity index (χ1v) is 8.46. The Morgan fingerprint density at radius 2 is 1.86 bits per heavy atom. The summed E-state index contributed by atoms with van der Waals surface area (Å²) in [6, 6.07) is 9.75. The average molecular weight is 391 g/mol. The molecule has 0 spiro atoms. The van der Waals surface area contributed by atoms with Gasteiger partial charge in [-0.2, -0.15) is 18.3 Å². The number of fused-ring (bicyclic) bond motifs is 1. The number of nitrogens with zero attached hydrogens (tertiary/aromatic N) is 3. The third-order valence-corrected chi connectivity index (χ3v) is 3.74. The van der Waals surface area contributed by atoms with Crippen molar-refractivity contribution in [3.8, 4) is 11.6 Å². The minimum atomic E-state index is -4.55. The second-order valence-corrected chi connectivity index (χ2v) is 5.55. The molecule has 0 bridgehead atoms. The molecule has 3 aromatic heterocycles. The number of benzene rings is 1. The second kappa shape index (κ2) is 7.67. The van der Waals surface area contributed by atoms with Gasteiger partial charge in [0.25, 0.3) is 11.4 Å². The van der Waals surface area contributed by atoms with Crippen molar-refractivity contribution in [3.05, 3.63) is 63.9 Å². The van der Waals surface area contributed by atoms with Crippen LogP contribution in [0.3, 0.4) is 0 Å². The van der Waals surface area contributed by atoms with E-state index in [0.29, 0.717) is 11.1 Å². The fourth-order valence-electron chi connectivity index (χ4n) is 2.49. The zero-order chi connectivity index (χ0) is 20.3. The molecule has 7 nitrogen and oxygen atoms in total. The van der Waals surface area contributed by atoms with Crippen LogP contribution in [0.2, 0.25) is 0 Å². The van der Waals surface area contributed by atoms with Crippen molar-refractivity contribution in [3.63, 3.8) is 0 Å². The quantitative estimate of drug-likeness (QED) is 0.551. The fourth-order valence-corrected chi connectivity index (χ4v) is 2.49. The Morgan fingerprint density at radius 1 is 1.11 bits per heavy atom. The molecule has 0 unspecified atom stereocenters. The van der Waals surface area contributed by atoms with Gasteiger partial charge in [0.15, 0.2) is 0 Å². The van der Waals surface area contributed by atoms with Crippen LogP contribution < -0.4 is 5.56 Å². The van der Waals surface area contributed by atoms with E-state index in [2.05, 4.69) is 20.3 Å². The van der Waals surface area contributed by atoms with E-state index in [1.165, 1.54) is 0 Å². The van der Waals surface area contributed by atoms with Crippen LogP contribution in [-0.2, 0) is 12.6 Å². The zero-order valence-electron chi connectivity index (χ0n) is 15.0. The molecule has 0 atom stereocenters. The smallest absolute Gasteiger partial charge is 0.419 e. The van der Waals surface area contributed by atoms with Gasteiger partial charge in [-0.1, -0.05) is 32.0 Å². The lowest BCUT2D eigenvalue weighted by Crippen LogP contribution is -2.12. The van der Waals surface area contributed by atoms with E-state index in [9.17, 15) is 18.0 Å². The number of rotatable bonds is 3. The standard InChI is InChI=1S/C16H10F3N5O2.C2H6/c17-16(18,19)12-7-11(21-22-12)15-24-23-13(26-15)6-9-5-8-3-1-2-4-10(8)20-14(9)25;1-2/h1-5,7H,6H2,(H,20,25)(H,21,22);1-2H3. The summed E-state index contributed by atoms with van der Waals surface area (Å²) in [5.74, 6) is -0.0682. The average Bonchev–Trinajstić information content (AvgIpc) is 3.33. The maximum absolute atomic E-state index is 12.6. The lowest BCUT2D eigenvalue weighted by Gasteiger charge is -2.00. The van der Waals surface area contributed by atoms with Crippen molar-refractivity contribution >= 4 is 10.9 Å². The number of nitrogens with one attached hydrogen (secondary N) is 2. The molecule has 0 saturated heterocycles. The molecule has 0 aliphatic carbocycles. The predicted molar refractivity (Wildman–Crippen MR) is 95.6 cm³/mol. The highest BCUT2D eigenvalue weighted by atomic mass is 19.4. The van der Waals surface area contributed by atoms with Crippen LogP contribution in [0, 0.1) is 0 Å². The van der Waals surface area contributed by atoms with Gasteiger partial charge in [0, 0.05) is 17.1 Å². The van der Waals surface area contributed by atoms with Crippen molar-refractivity contribution in [2.24, 2.45) is 0 Å². The van der Waals surface area contributed by atoms with Gasteiger partial charge in [-0.3, -0.25) is 9.89 Å². The van der Waals surface area contributed by atoms with Crippen LogP contribution in [0.25, 0.3) is 22.5 Å². The zero-order valence-corrected chi connectivity index (χ0v) is 15.0. The summed E-state index contributed by atoms with van der Waals surface area (Å²) in [7, 11) is 0. The molecule has 10 heteroatoms. The summed E-state index contributed by atoms with van der Waals surface area (Å²) in [6.45, 7) is 4.00. The molecule has 0 fully saturated rings. The monoisotopic (exact) mass is 391 g/mol. The summed E-state index contributed by atoms with van der Waals surface area (Å²) in [4.78, 5) is 14.9. The van der Waals surface area contributed by atoms with Gasteiger partial charge >= 0.3 is 6.18 Å². The fraction of sp³-hybridized carbons (Fsp3) is 0.222. The Labute approximate surface area is 156 Å². The van der Waals surface area contributed by atoms with Crippen LogP contribution in [-0.4, -0.2) is 25.4 Å². The summed E-state index contributed by atoms with van der Waals surface area (Å²) in [5.41, 5.74) is -0.343. The van der Waals surface area contributed by atoms with Crippen molar-refractivity contribution in [2.45, 2.75) is 26.4 Å². The molecule has 0 radical (unpaired) electrons. The summed E-state index contributed by atoms with van der Waals surface area (Å²) < 4.78 is 43.2. The van der Waals surface area contributed by atoms with Crippen LogP contribution in [0.15, 0.2) is 45.6 Å². The van der Waals surface area contributed by atoms with E-state index < -0.39 is 11.9 Å². The number of H-pyrrole nitrogens is 2. The lowest BCUT2D eigenvalue weighted by molar-refractivity contribution is -0.141.